The van der Waals surface area contributed by atoms with Crippen LogP contribution in [0, 0.1) is 0 Å². The minimum absolute atomic E-state index is 0.0141. The Hall–Kier alpha value is -2.78. The number of carboxylic acids is 1. The maximum atomic E-state index is 12.7. The smallest absolute Gasteiger partial charge is 0.387 e. The first-order chi connectivity index (χ1) is 12.8. The van der Waals surface area contributed by atoms with E-state index in [2.05, 4.69) is 4.74 Å². The fraction of sp³-hybridized carbons (Fsp3) is 0.0556. The van der Waals surface area contributed by atoms with Crippen molar-refractivity contribution in [2.24, 2.45) is 0 Å². The highest BCUT2D eigenvalue weighted by molar-refractivity contribution is 8.27. The molecule has 1 heterocycles. The number of amides is 1. The van der Waals surface area contributed by atoms with Gasteiger partial charge < -0.3 is 9.84 Å². The van der Waals surface area contributed by atoms with Crippen LogP contribution in [0.15, 0.2) is 53.4 Å². The summed E-state index contributed by atoms with van der Waals surface area (Å²) in [4.78, 5) is 25.4. The summed E-state index contributed by atoms with van der Waals surface area (Å²) >= 11 is 6.32. The Kier molecular flexibility index (Phi) is 5.52. The summed E-state index contributed by atoms with van der Waals surface area (Å²) in [6.07, 6.45) is 1.58. The molecule has 138 valence electrons. The largest absolute Gasteiger partial charge is 0.478 e. The lowest BCUT2D eigenvalue weighted by Gasteiger charge is -2.14. The summed E-state index contributed by atoms with van der Waals surface area (Å²) < 4.78 is 28.9. The third-order valence-electron chi connectivity index (χ3n) is 3.55. The van der Waals surface area contributed by atoms with Crippen molar-refractivity contribution in [3.05, 3.63) is 64.6 Å². The molecule has 1 aliphatic heterocycles. The van der Waals surface area contributed by atoms with Gasteiger partial charge in [-0.05, 0) is 42.0 Å². The van der Waals surface area contributed by atoms with E-state index >= 15 is 0 Å². The van der Waals surface area contributed by atoms with Crippen LogP contribution in [0.2, 0.25) is 0 Å². The molecule has 0 aromatic heterocycles. The topological polar surface area (TPSA) is 66.8 Å². The molecule has 3 rings (SSSR count). The quantitative estimate of drug-likeness (QED) is 0.586. The van der Waals surface area contributed by atoms with Gasteiger partial charge in [0.2, 0.25) is 0 Å². The van der Waals surface area contributed by atoms with Crippen LogP contribution in [-0.2, 0) is 4.79 Å². The third kappa shape index (κ3) is 4.32. The molecule has 0 atom stereocenters. The summed E-state index contributed by atoms with van der Waals surface area (Å²) in [7, 11) is 0. The van der Waals surface area contributed by atoms with E-state index in [1.165, 1.54) is 47.4 Å². The van der Waals surface area contributed by atoms with Gasteiger partial charge in [0.15, 0.2) is 4.32 Å². The lowest BCUT2D eigenvalue weighted by molar-refractivity contribution is -0.113. The number of halogens is 2. The van der Waals surface area contributed by atoms with Gasteiger partial charge in [0.1, 0.15) is 5.75 Å². The van der Waals surface area contributed by atoms with Crippen LogP contribution in [0.1, 0.15) is 15.9 Å². The Bertz CT molecular complexity index is 945. The SMILES string of the molecule is O=C(O)c1cccc(N2C(=O)/C(=C/c3ccc(OC(F)F)cc3)SC2=S)c1. The summed E-state index contributed by atoms with van der Waals surface area (Å²) in [5.41, 5.74) is 1.01. The highest BCUT2D eigenvalue weighted by Gasteiger charge is 2.33. The van der Waals surface area contributed by atoms with Crippen LogP contribution < -0.4 is 9.64 Å². The van der Waals surface area contributed by atoms with E-state index in [-0.39, 0.29) is 21.5 Å². The Morgan fingerprint density at radius 3 is 2.56 bits per heavy atom. The number of thiocarbonyl (C=S) groups is 1. The molecule has 0 saturated carbocycles. The van der Waals surface area contributed by atoms with Crippen molar-refractivity contribution < 1.29 is 28.2 Å². The number of thioether (sulfide) groups is 1. The van der Waals surface area contributed by atoms with E-state index in [0.29, 0.717) is 16.2 Å². The van der Waals surface area contributed by atoms with Gasteiger partial charge in [0.05, 0.1) is 16.2 Å². The number of carbonyl (C=O) groups is 2. The minimum atomic E-state index is -2.91. The zero-order valence-electron chi connectivity index (χ0n) is 13.5. The highest BCUT2D eigenvalue weighted by atomic mass is 32.2. The Labute approximate surface area is 162 Å². The Morgan fingerprint density at radius 2 is 1.93 bits per heavy atom. The van der Waals surface area contributed by atoms with Gasteiger partial charge in [-0.1, -0.05) is 42.2 Å². The molecule has 0 bridgehead atoms. The molecule has 1 fully saturated rings. The first-order valence-electron chi connectivity index (χ1n) is 7.51. The molecule has 1 amide bonds. The van der Waals surface area contributed by atoms with Crippen molar-refractivity contribution in [1.29, 1.82) is 0 Å². The number of ether oxygens (including phenoxy) is 1. The molecule has 0 aliphatic carbocycles. The van der Waals surface area contributed by atoms with Gasteiger partial charge >= 0.3 is 12.6 Å². The zero-order chi connectivity index (χ0) is 19.6. The molecule has 5 nitrogen and oxygen atoms in total. The molecule has 0 unspecified atom stereocenters. The summed E-state index contributed by atoms with van der Waals surface area (Å²) in [6, 6.07) is 11.7. The summed E-state index contributed by atoms with van der Waals surface area (Å²) in [5, 5.41) is 9.10. The number of benzene rings is 2. The second-order valence-electron chi connectivity index (χ2n) is 5.32. The predicted molar refractivity (Wildman–Crippen MR) is 102 cm³/mol. The van der Waals surface area contributed by atoms with Crippen molar-refractivity contribution in [3.63, 3.8) is 0 Å². The zero-order valence-corrected chi connectivity index (χ0v) is 15.1. The number of hydrogen-bond acceptors (Lipinski definition) is 5. The van der Waals surface area contributed by atoms with E-state index in [4.69, 9.17) is 17.3 Å². The van der Waals surface area contributed by atoms with Gasteiger partial charge in [-0.3, -0.25) is 9.69 Å². The number of anilines is 1. The van der Waals surface area contributed by atoms with Crippen molar-refractivity contribution in [3.8, 4) is 5.75 Å². The summed E-state index contributed by atoms with van der Waals surface area (Å²) in [6.45, 7) is -2.91. The van der Waals surface area contributed by atoms with Crippen molar-refractivity contribution in [1.82, 2.24) is 0 Å². The lowest BCUT2D eigenvalue weighted by Crippen LogP contribution is -2.27. The molecular weight excluding hydrogens is 396 g/mol. The van der Waals surface area contributed by atoms with E-state index in [1.54, 1.807) is 12.1 Å². The van der Waals surface area contributed by atoms with Crippen molar-refractivity contribution in [2.45, 2.75) is 6.61 Å². The predicted octanol–water partition coefficient (Wildman–Crippen LogP) is 4.39. The number of rotatable bonds is 5. The second kappa shape index (κ2) is 7.85. The van der Waals surface area contributed by atoms with E-state index in [1.807, 2.05) is 0 Å². The van der Waals surface area contributed by atoms with E-state index in [9.17, 15) is 18.4 Å². The average Bonchev–Trinajstić information content (AvgIpc) is 2.90. The van der Waals surface area contributed by atoms with Crippen LogP contribution in [0.5, 0.6) is 5.75 Å². The maximum absolute atomic E-state index is 12.7. The molecule has 1 aliphatic rings. The molecule has 1 saturated heterocycles. The number of hydrogen-bond donors (Lipinski definition) is 1. The Morgan fingerprint density at radius 1 is 1.22 bits per heavy atom. The van der Waals surface area contributed by atoms with Crippen LogP contribution >= 0.6 is 24.0 Å². The third-order valence-corrected chi connectivity index (χ3v) is 4.85. The van der Waals surface area contributed by atoms with Crippen LogP contribution in [0.4, 0.5) is 14.5 Å². The molecule has 2 aromatic carbocycles. The highest BCUT2D eigenvalue weighted by Crippen LogP contribution is 2.36. The monoisotopic (exact) mass is 407 g/mol. The van der Waals surface area contributed by atoms with E-state index in [0.717, 1.165) is 11.8 Å². The van der Waals surface area contributed by atoms with Gasteiger partial charge in [-0.15, -0.1) is 0 Å². The van der Waals surface area contributed by atoms with Gasteiger partial charge in [0, 0.05) is 0 Å². The molecule has 27 heavy (non-hydrogen) atoms. The number of aromatic carboxylic acids is 1. The normalized spacial score (nSPS) is 15.7. The van der Waals surface area contributed by atoms with Crippen LogP contribution in [-0.4, -0.2) is 27.9 Å². The summed E-state index contributed by atoms with van der Waals surface area (Å²) in [5.74, 6) is -1.48. The second-order valence-corrected chi connectivity index (χ2v) is 7.00. The first-order valence-corrected chi connectivity index (χ1v) is 8.74. The van der Waals surface area contributed by atoms with Crippen molar-refractivity contribution >= 4 is 51.9 Å². The standard InChI is InChI=1S/C18H11F2NO4S2/c19-17(20)25-13-6-4-10(5-7-13)8-14-15(22)21(18(26)27-14)12-3-1-2-11(9-12)16(23)24/h1-9,17H,(H,23,24)/b14-8-. The number of alkyl halides is 2. The van der Waals surface area contributed by atoms with Gasteiger partial charge in [-0.25, -0.2) is 4.79 Å². The molecule has 0 radical (unpaired) electrons. The molecule has 9 heteroatoms. The fourth-order valence-corrected chi connectivity index (χ4v) is 3.66. The average molecular weight is 407 g/mol. The van der Waals surface area contributed by atoms with E-state index < -0.39 is 12.6 Å². The molecule has 0 spiro atoms. The minimum Gasteiger partial charge on any atom is -0.478 e. The van der Waals surface area contributed by atoms with Gasteiger partial charge in [0.25, 0.3) is 5.91 Å². The Balaban J connectivity index is 1.84. The van der Waals surface area contributed by atoms with Gasteiger partial charge in [-0.2, -0.15) is 8.78 Å². The first kappa shape index (κ1) is 19.0. The maximum Gasteiger partial charge on any atom is 0.387 e. The number of carboxylic acid groups (broad SMARTS) is 1. The van der Waals surface area contributed by atoms with Crippen LogP contribution in [0.3, 0.4) is 0 Å². The molecule has 2 aromatic rings. The van der Waals surface area contributed by atoms with Crippen LogP contribution in [0.25, 0.3) is 6.08 Å². The molecule has 1 N–H and O–H groups in total. The number of nitrogens with zero attached hydrogens (tertiary/aromatic N) is 1. The lowest BCUT2D eigenvalue weighted by atomic mass is 10.2. The fourth-order valence-electron chi connectivity index (χ4n) is 2.37. The molecular formula is C18H11F2NO4S2. The number of carbonyl (C=O) groups excluding carboxylic acids is 1. The van der Waals surface area contributed by atoms with Crippen molar-refractivity contribution in [2.75, 3.05) is 4.90 Å².